The minimum atomic E-state index is -0.199. The van der Waals surface area contributed by atoms with Gasteiger partial charge in [0.25, 0.3) is 0 Å². The van der Waals surface area contributed by atoms with Gasteiger partial charge in [-0.05, 0) is 62.7 Å². The third-order valence-corrected chi connectivity index (χ3v) is 6.10. The molecule has 0 spiro atoms. The average molecular weight is 292 g/mol. The summed E-state index contributed by atoms with van der Waals surface area (Å²) in [5.74, 6) is 2.20. The Balaban J connectivity index is 1.57. The molecule has 0 aromatic rings. The maximum absolute atomic E-state index is 12.7. The van der Waals surface area contributed by atoms with Crippen molar-refractivity contribution in [3.63, 3.8) is 0 Å². The Labute approximate surface area is 127 Å². The Morgan fingerprint density at radius 2 is 1.62 bits per heavy atom. The molecule has 0 aromatic carbocycles. The van der Waals surface area contributed by atoms with Crippen molar-refractivity contribution in [3.05, 3.63) is 0 Å². The van der Waals surface area contributed by atoms with Gasteiger partial charge in [-0.2, -0.15) is 0 Å². The van der Waals surface area contributed by atoms with E-state index in [1.165, 1.54) is 19.3 Å². The van der Waals surface area contributed by atoms with Gasteiger partial charge in [-0.3, -0.25) is 9.59 Å². The van der Waals surface area contributed by atoms with Crippen molar-refractivity contribution in [3.8, 4) is 0 Å². The smallest absolute Gasteiger partial charge is 0.309 e. The molecule has 21 heavy (non-hydrogen) atoms. The molecule has 4 bridgehead atoms. The monoisotopic (exact) mass is 292 g/mol. The maximum Gasteiger partial charge on any atom is 0.309 e. The first-order valence-electron chi connectivity index (χ1n) is 8.72. The quantitative estimate of drug-likeness (QED) is 0.700. The zero-order valence-corrected chi connectivity index (χ0v) is 13.4. The molecule has 0 heterocycles. The van der Waals surface area contributed by atoms with E-state index < -0.39 is 0 Å². The van der Waals surface area contributed by atoms with E-state index in [1.807, 2.05) is 6.92 Å². The lowest BCUT2D eigenvalue weighted by molar-refractivity contribution is -0.160. The molecule has 0 radical (unpaired) electrons. The van der Waals surface area contributed by atoms with Crippen molar-refractivity contribution < 1.29 is 14.3 Å². The van der Waals surface area contributed by atoms with Gasteiger partial charge in [-0.1, -0.05) is 20.3 Å². The number of carbonyl (C=O) groups is 2. The van der Waals surface area contributed by atoms with Crippen LogP contribution in [0.3, 0.4) is 0 Å². The molecule has 1 atom stereocenters. The molecule has 0 aromatic heterocycles. The van der Waals surface area contributed by atoms with Crippen molar-refractivity contribution in [1.29, 1.82) is 0 Å². The third kappa shape index (κ3) is 2.89. The number of hydrogen-bond donors (Lipinski definition) is 0. The van der Waals surface area contributed by atoms with Crippen molar-refractivity contribution >= 4 is 11.8 Å². The van der Waals surface area contributed by atoms with Crippen LogP contribution < -0.4 is 0 Å². The molecule has 0 amide bonds. The highest BCUT2D eigenvalue weighted by Crippen LogP contribution is 2.60. The molecule has 3 heteroatoms. The Morgan fingerprint density at radius 3 is 2.10 bits per heavy atom. The molecule has 4 saturated carbocycles. The van der Waals surface area contributed by atoms with Crippen LogP contribution >= 0.6 is 0 Å². The molecule has 4 rings (SSSR count). The van der Waals surface area contributed by atoms with Gasteiger partial charge in [-0.25, -0.2) is 0 Å². The largest absolute Gasteiger partial charge is 0.457 e. The van der Waals surface area contributed by atoms with Crippen LogP contribution in [0.2, 0.25) is 0 Å². The van der Waals surface area contributed by atoms with Gasteiger partial charge in [-0.15, -0.1) is 0 Å². The summed E-state index contributed by atoms with van der Waals surface area (Å²) < 4.78 is 5.32. The van der Waals surface area contributed by atoms with Crippen LogP contribution in [0.5, 0.6) is 0 Å². The fourth-order valence-corrected chi connectivity index (χ4v) is 5.44. The minimum Gasteiger partial charge on any atom is -0.457 e. The lowest BCUT2D eigenvalue weighted by atomic mass is 9.48. The first-order valence-corrected chi connectivity index (χ1v) is 8.72. The number of carbonyl (C=O) groups excluding carboxylic acids is 2. The van der Waals surface area contributed by atoms with Crippen LogP contribution in [0.25, 0.3) is 0 Å². The summed E-state index contributed by atoms with van der Waals surface area (Å²) >= 11 is 0. The first kappa shape index (κ1) is 15.1. The Kier molecular flexibility index (Phi) is 4.11. The van der Waals surface area contributed by atoms with Gasteiger partial charge < -0.3 is 4.74 Å². The summed E-state index contributed by atoms with van der Waals surface area (Å²) in [6, 6.07) is 0. The van der Waals surface area contributed by atoms with Crippen molar-refractivity contribution in [1.82, 2.24) is 0 Å². The molecule has 118 valence electrons. The Morgan fingerprint density at radius 1 is 1.10 bits per heavy atom. The average Bonchev–Trinajstić information content (AvgIpc) is 2.43. The van der Waals surface area contributed by atoms with Crippen LogP contribution in [0.1, 0.15) is 65.2 Å². The molecule has 0 aliphatic heterocycles. The van der Waals surface area contributed by atoms with E-state index in [9.17, 15) is 9.59 Å². The number of rotatable bonds is 6. The van der Waals surface area contributed by atoms with Gasteiger partial charge in [0.15, 0.2) is 12.4 Å². The zero-order chi connectivity index (χ0) is 15.0. The highest BCUT2D eigenvalue weighted by atomic mass is 16.5. The van der Waals surface area contributed by atoms with E-state index in [4.69, 9.17) is 4.74 Å². The highest BCUT2D eigenvalue weighted by Gasteiger charge is 2.54. The fourth-order valence-electron chi connectivity index (χ4n) is 5.44. The van der Waals surface area contributed by atoms with Crippen molar-refractivity contribution in [2.24, 2.45) is 29.1 Å². The normalized spacial score (nSPS) is 38.3. The molecular formula is C18H28O3. The van der Waals surface area contributed by atoms with E-state index in [1.54, 1.807) is 0 Å². The molecule has 4 fully saturated rings. The third-order valence-electron chi connectivity index (χ3n) is 6.10. The van der Waals surface area contributed by atoms with Crippen molar-refractivity contribution in [2.45, 2.75) is 65.2 Å². The van der Waals surface area contributed by atoms with Crippen LogP contribution in [0.4, 0.5) is 0 Å². The number of ketones is 1. The fraction of sp³-hybridized carbons (Fsp3) is 0.889. The van der Waals surface area contributed by atoms with E-state index in [-0.39, 0.29) is 29.7 Å². The molecule has 0 N–H and O–H groups in total. The summed E-state index contributed by atoms with van der Waals surface area (Å²) in [5.41, 5.74) is -0.136. The summed E-state index contributed by atoms with van der Waals surface area (Å²) in [5, 5.41) is 0. The highest BCUT2D eigenvalue weighted by molar-refractivity contribution is 5.88. The van der Waals surface area contributed by atoms with Crippen LogP contribution in [-0.2, 0) is 14.3 Å². The van der Waals surface area contributed by atoms with E-state index >= 15 is 0 Å². The first-order chi connectivity index (χ1) is 10.0. The molecule has 0 saturated heterocycles. The standard InChI is InChI=1S/C18H28O3/c1-3-4-12(2)17(20)21-11-16(19)18-8-13-5-14(9-18)7-15(6-13)10-18/h12-15H,3-11H2,1-2H3. The van der Waals surface area contributed by atoms with E-state index in [0.29, 0.717) is 0 Å². The van der Waals surface area contributed by atoms with E-state index in [0.717, 1.165) is 49.9 Å². The number of hydrogen-bond acceptors (Lipinski definition) is 3. The molecular weight excluding hydrogens is 264 g/mol. The predicted molar refractivity (Wildman–Crippen MR) is 80.6 cm³/mol. The SMILES string of the molecule is CCCC(C)C(=O)OCC(=O)C12CC3CC(CC(C3)C1)C2. The molecule has 1 unspecified atom stereocenters. The minimum absolute atomic E-state index is 0.0129. The van der Waals surface area contributed by atoms with Gasteiger partial charge >= 0.3 is 5.97 Å². The van der Waals surface area contributed by atoms with Gasteiger partial charge in [0.1, 0.15) is 0 Å². The second kappa shape index (κ2) is 5.73. The summed E-state index contributed by atoms with van der Waals surface area (Å²) in [7, 11) is 0. The second-order valence-corrected chi connectivity index (χ2v) is 7.92. The van der Waals surface area contributed by atoms with E-state index in [2.05, 4.69) is 6.92 Å². The number of esters is 1. The maximum atomic E-state index is 12.7. The lowest BCUT2D eigenvalue weighted by Crippen LogP contribution is -2.51. The van der Waals surface area contributed by atoms with Gasteiger partial charge in [0, 0.05) is 5.41 Å². The number of ether oxygens (including phenoxy) is 1. The Bertz CT molecular complexity index is 391. The van der Waals surface area contributed by atoms with Crippen LogP contribution in [-0.4, -0.2) is 18.4 Å². The number of Topliss-reactive ketones (excluding diaryl/α,β-unsaturated/α-hetero) is 1. The molecule has 3 nitrogen and oxygen atoms in total. The van der Waals surface area contributed by atoms with Crippen molar-refractivity contribution in [2.75, 3.05) is 6.61 Å². The van der Waals surface area contributed by atoms with Crippen LogP contribution in [0.15, 0.2) is 0 Å². The predicted octanol–water partition coefficient (Wildman–Crippen LogP) is 3.75. The Hall–Kier alpha value is -0.860. The van der Waals surface area contributed by atoms with Gasteiger partial charge in [0.05, 0.1) is 5.92 Å². The summed E-state index contributed by atoms with van der Waals surface area (Å²) in [4.78, 5) is 24.6. The molecule has 4 aliphatic rings. The molecule has 4 aliphatic carbocycles. The van der Waals surface area contributed by atoms with Crippen LogP contribution in [0, 0.1) is 29.1 Å². The lowest BCUT2D eigenvalue weighted by Gasteiger charge is -2.55. The zero-order valence-electron chi connectivity index (χ0n) is 13.4. The second-order valence-electron chi connectivity index (χ2n) is 7.92. The summed E-state index contributed by atoms with van der Waals surface area (Å²) in [6.07, 6.45) is 8.98. The topological polar surface area (TPSA) is 43.4 Å². The van der Waals surface area contributed by atoms with Gasteiger partial charge in [0.2, 0.25) is 0 Å². The summed E-state index contributed by atoms with van der Waals surface area (Å²) in [6.45, 7) is 3.96.